The number of hydrogen-bond acceptors (Lipinski definition) is 4. The van der Waals surface area contributed by atoms with Crippen LogP contribution in [0.4, 0.5) is 11.6 Å². The molecule has 21 heavy (non-hydrogen) atoms. The van der Waals surface area contributed by atoms with Gasteiger partial charge in [-0.3, -0.25) is 9.78 Å². The molecule has 0 aliphatic carbocycles. The topological polar surface area (TPSA) is 70.7 Å². The van der Waals surface area contributed by atoms with Crippen LogP contribution >= 0.6 is 0 Å². The fraction of sp³-hybridized carbons (Fsp3) is 0.0625. The largest absolute Gasteiger partial charge is 0.324 e. The summed E-state index contributed by atoms with van der Waals surface area (Å²) in [6.45, 7) is 0. The van der Waals surface area contributed by atoms with Gasteiger partial charge in [-0.2, -0.15) is 0 Å². The zero-order chi connectivity index (χ0) is 14.5. The maximum Gasteiger partial charge on any atom is 0.274 e. The minimum absolute atomic E-state index is 0.229. The van der Waals surface area contributed by atoms with Gasteiger partial charge in [-0.1, -0.05) is 48.5 Å². The lowest BCUT2D eigenvalue weighted by Gasteiger charge is -2.05. The Kier molecular flexibility index (Phi) is 3.73. The number of aromatic amines is 1. The summed E-state index contributed by atoms with van der Waals surface area (Å²) >= 11 is 0. The lowest BCUT2D eigenvalue weighted by molar-refractivity contribution is 0.874. The first-order valence-electron chi connectivity index (χ1n) is 6.63. The number of rotatable bonds is 4. The highest BCUT2D eigenvalue weighted by Crippen LogP contribution is 2.10. The van der Waals surface area contributed by atoms with E-state index in [2.05, 4.69) is 20.5 Å². The van der Waals surface area contributed by atoms with Crippen LogP contribution in [0, 0.1) is 0 Å². The van der Waals surface area contributed by atoms with Gasteiger partial charge in [0.05, 0.1) is 0 Å². The van der Waals surface area contributed by atoms with Crippen LogP contribution < -0.4 is 10.9 Å². The van der Waals surface area contributed by atoms with Crippen molar-refractivity contribution in [2.75, 3.05) is 5.32 Å². The summed E-state index contributed by atoms with van der Waals surface area (Å²) in [6, 6.07) is 19.2. The minimum Gasteiger partial charge on any atom is -0.324 e. The highest BCUT2D eigenvalue weighted by molar-refractivity contribution is 5.51. The van der Waals surface area contributed by atoms with Crippen molar-refractivity contribution in [3.63, 3.8) is 0 Å². The molecule has 0 aliphatic rings. The number of aromatic nitrogens is 3. The molecule has 0 bridgehead atoms. The second kappa shape index (κ2) is 6.00. The van der Waals surface area contributed by atoms with Crippen LogP contribution in [0.2, 0.25) is 0 Å². The molecule has 3 rings (SSSR count). The fourth-order valence-corrected chi connectivity index (χ4v) is 1.98. The second-order valence-corrected chi connectivity index (χ2v) is 4.60. The van der Waals surface area contributed by atoms with Gasteiger partial charge < -0.3 is 5.32 Å². The first-order valence-corrected chi connectivity index (χ1v) is 6.63. The Morgan fingerprint density at radius 1 is 0.905 bits per heavy atom. The van der Waals surface area contributed by atoms with Gasteiger partial charge in [0.2, 0.25) is 5.95 Å². The molecule has 2 aromatic carbocycles. The quantitative estimate of drug-likeness (QED) is 0.769. The van der Waals surface area contributed by atoms with Gasteiger partial charge in [0, 0.05) is 12.1 Å². The van der Waals surface area contributed by atoms with E-state index < -0.39 is 0 Å². The second-order valence-electron chi connectivity index (χ2n) is 4.60. The molecule has 3 aromatic rings. The van der Waals surface area contributed by atoms with Crippen molar-refractivity contribution in [2.45, 2.75) is 6.42 Å². The Balaban J connectivity index is 1.79. The normalized spacial score (nSPS) is 10.3. The lowest BCUT2D eigenvalue weighted by atomic mass is 10.1. The van der Waals surface area contributed by atoms with Crippen LogP contribution in [0.5, 0.6) is 0 Å². The molecule has 0 spiro atoms. The number of anilines is 2. The van der Waals surface area contributed by atoms with E-state index in [0.29, 0.717) is 18.1 Å². The van der Waals surface area contributed by atoms with E-state index in [0.717, 1.165) is 11.3 Å². The number of nitrogens with one attached hydrogen (secondary N) is 2. The molecule has 0 aliphatic heterocycles. The molecule has 0 amide bonds. The van der Waals surface area contributed by atoms with Crippen molar-refractivity contribution in [1.29, 1.82) is 0 Å². The van der Waals surface area contributed by atoms with Crippen LogP contribution in [0.3, 0.4) is 0 Å². The fourth-order valence-electron chi connectivity index (χ4n) is 1.98. The molecule has 0 unspecified atom stereocenters. The summed E-state index contributed by atoms with van der Waals surface area (Å²) in [4.78, 5) is 14.7. The molecule has 104 valence electrons. The lowest BCUT2D eigenvalue weighted by Crippen LogP contribution is -2.18. The molecule has 1 heterocycles. The number of para-hydroxylation sites is 1. The Hall–Kier alpha value is -2.95. The molecule has 2 N–H and O–H groups in total. The van der Waals surface area contributed by atoms with Crippen molar-refractivity contribution in [3.05, 3.63) is 82.3 Å². The smallest absolute Gasteiger partial charge is 0.274 e. The average Bonchev–Trinajstić information content (AvgIpc) is 2.52. The van der Waals surface area contributed by atoms with Crippen molar-refractivity contribution < 1.29 is 0 Å². The first kappa shape index (κ1) is 13.1. The Bertz CT molecular complexity index is 769. The van der Waals surface area contributed by atoms with E-state index in [1.54, 1.807) is 0 Å². The third-order valence-corrected chi connectivity index (χ3v) is 3.02. The van der Waals surface area contributed by atoms with Gasteiger partial charge in [0.15, 0.2) is 0 Å². The van der Waals surface area contributed by atoms with Crippen LogP contribution in [0.25, 0.3) is 0 Å². The Labute approximate surface area is 121 Å². The monoisotopic (exact) mass is 278 g/mol. The van der Waals surface area contributed by atoms with Gasteiger partial charge in [0.1, 0.15) is 5.69 Å². The SMILES string of the molecule is O=c1[nH]c(Nc2ccccc2)nnc1Cc1ccccc1. The van der Waals surface area contributed by atoms with E-state index >= 15 is 0 Å². The third kappa shape index (κ3) is 3.33. The molecule has 0 fully saturated rings. The molecule has 0 radical (unpaired) electrons. The highest BCUT2D eigenvalue weighted by atomic mass is 16.1. The van der Waals surface area contributed by atoms with Crippen molar-refractivity contribution in [2.24, 2.45) is 0 Å². The molecular weight excluding hydrogens is 264 g/mol. The number of benzene rings is 2. The predicted octanol–water partition coefficient (Wildman–Crippen LogP) is 2.50. The third-order valence-electron chi connectivity index (χ3n) is 3.02. The van der Waals surface area contributed by atoms with Gasteiger partial charge in [0.25, 0.3) is 5.56 Å². The Morgan fingerprint density at radius 2 is 1.57 bits per heavy atom. The van der Waals surface area contributed by atoms with E-state index in [4.69, 9.17) is 0 Å². The summed E-state index contributed by atoms with van der Waals surface area (Å²) in [5, 5.41) is 11.0. The van der Waals surface area contributed by atoms with E-state index in [1.807, 2.05) is 60.7 Å². The van der Waals surface area contributed by atoms with Gasteiger partial charge >= 0.3 is 0 Å². The summed E-state index contributed by atoms with van der Waals surface area (Å²) in [6.07, 6.45) is 0.467. The van der Waals surface area contributed by atoms with Crippen LogP contribution in [0.1, 0.15) is 11.3 Å². The summed E-state index contributed by atoms with van der Waals surface area (Å²) in [5.41, 5.74) is 2.05. The van der Waals surface area contributed by atoms with E-state index in [9.17, 15) is 4.79 Å². The van der Waals surface area contributed by atoms with Crippen LogP contribution in [-0.4, -0.2) is 15.2 Å². The van der Waals surface area contributed by atoms with Gasteiger partial charge in [-0.25, -0.2) is 0 Å². The van der Waals surface area contributed by atoms with E-state index in [-0.39, 0.29) is 5.56 Å². The number of H-pyrrole nitrogens is 1. The highest BCUT2D eigenvalue weighted by Gasteiger charge is 2.06. The minimum atomic E-state index is -0.229. The Morgan fingerprint density at radius 3 is 2.24 bits per heavy atom. The summed E-state index contributed by atoms with van der Waals surface area (Å²) in [7, 11) is 0. The zero-order valence-corrected chi connectivity index (χ0v) is 11.3. The molecule has 5 heteroatoms. The first-order chi connectivity index (χ1) is 10.3. The molecule has 1 aromatic heterocycles. The van der Waals surface area contributed by atoms with Crippen molar-refractivity contribution >= 4 is 11.6 Å². The summed E-state index contributed by atoms with van der Waals surface area (Å²) < 4.78 is 0. The molecule has 0 saturated carbocycles. The zero-order valence-electron chi connectivity index (χ0n) is 11.3. The van der Waals surface area contributed by atoms with Crippen LogP contribution in [-0.2, 0) is 6.42 Å². The number of nitrogens with zero attached hydrogens (tertiary/aromatic N) is 2. The maximum atomic E-state index is 12.0. The molecule has 5 nitrogen and oxygen atoms in total. The predicted molar refractivity (Wildman–Crippen MR) is 81.6 cm³/mol. The molecule has 0 atom stereocenters. The van der Waals surface area contributed by atoms with Gasteiger partial charge in [-0.05, 0) is 17.7 Å². The maximum absolute atomic E-state index is 12.0. The van der Waals surface area contributed by atoms with Gasteiger partial charge in [-0.15, -0.1) is 10.2 Å². The number of hydrogen-bond donors (Lipinski definition) is 2. The molecular formula is C16H14N4O. The van der Waals surface area contributed by atoms with Crippen molar-refractivity contribution in [3.8, 4) is 0 Å². The van der Waals surface area contributed by atoms with Crippen molar-refractivity contribution in [1.82, 2.24) is 15.2 Å². The van der Waals surface area contributed by atoms with Crippen LogP contribution in [0.15, 0.2) is 65.5 Å². The molecule has 0 saturated heterocycles. The standard InChI is InChI=1S/C16H14N4O/c21-15-14(11-12-7-3-1-4-8-12)19-20-16(18-15)17-13-9-5-2-6-10-13/h1-10H,11H2,(H2,17,18,20,21). The van der Waals surface area contributed by atoms with E-state index in [1.165, 1.54) is 0 Å². The summed E-state index contributed by atoms with van der Waals surface area (Å²) in [5.74, 6) is 0.336. The average molecular weight is 278 g/mol.